The molecule has 1 atom stereocenters. The number of hydrogen-bond acceptors (Lipinski definition) is 3. The third-order valence-electron chi connectivity index (χ3n) is 4.87. The molecule has 0 aliphatic carbocycles. The maximum Gasteiger partial charge on any atom is 0.228 e. The van der Waals surface area contributed by atoms with Gasteiger partial charge in [-0.1, -0.05) is 11.6 Å². The number of anilines is 1. The molecule has 2 fully saturated rings. The second-order valence-electron chi connectivity index (χ2n) is 6.39. The van der Waals surface area contributed by atoms with Crippen LogP contribution in [0, 0.1) is 11.8 Å². The summed E-state index contributed by atoms with van der Waals surface area (Å²) in [6.45, 7) is 2.66. The van der Waals surface area contributed by atoms with Crippen LogP contribution in [0.3, 0.4) is 0 Å². The molecule has 3 rings (SSSR count). The number of nitrogens with zero attached hydrogens (tertiary/aromatic N) is 2. The van der Waals surface area contributed by atoms with E-state index in [-0.39, 0.29) is 24.2 Å². The maximum atomic E-state index is 12.7. The van der Waals surface area contributed by atoms with Gasteiger partial charge in [-0.25, -0.2) is 0 Å². The zero-order valence-corrected chi connectivity index (χ0v) is 13.8. The molecular weight excluding hydrogens is 314 g/mol. The number of likely N-dealkylation sites (tertiary alicyclic amines) is 1. The Balaban J connectivity index is 1.63. The van der Waals surface area contributed by atoms with Crippen LogP contribution in [0.1, 0.15) is 19.3 Å². The van der Waals surface area contributed by atoms with Crippen molar-refractivity contribution in [2.75, 3.05) is 31.1 Å². The van der Waals surface area contributed by atoms with Gasteiger partial charge in [-0.15, -0.1) is 0 Å². The van der Waals surface area contributed by atoms with E-state index in [1.807, 2.05) is 17.0 Å². The largest absolute Gasteiger partial charge is 0.342 e. The molecule has 0 bridgehead atoms. The van der Waals surface area contributed by atoms with Crippen LogP contribution in [0.2, 0.25) is 5.02 Å². The predicted octanol–water partition coefficient (Wildman–Crippen LogP) is 1.89. The Hall–Kier alpha value is -1.59. The molecule has 0 radical (unpaired) electrons. The first kappa shape index (κ1) is 16.3. The first-order valence-electron chi connectivity index (χ1n) is 8.13. The van der Waals surface area contributed by atoms with Crippen LogP contribution < -0.4 is 10.6 Å². The highest BCUT2D eigenvalue weighted by molar-refractivity contribution is 6.30. The molecule has 2 amide bonds. The van der Waals surface area contributed by atoms with Crippen molar-refractivity contribution in [3.63, 3.8) is 0 Å². The lowest BCUT2D eigenvalue weighted by molar-refractivity contribution is -0.137. The lowest BCUT2D eigenvalue weighted by atomic mass is 9.95. The number of halogens is 1. The van der Waals surface area contributed by atoms with Gasteiger partial charge in [-0.3, -0.25) is 9.59 Å². The molecule has 2 N–H and O–H groups in total. The van der Waals surface area contributed by atoms with E-state index in [1.54, 1.807) is 17.0 Å². The fourth-order valence-corrected chi connectivity index (χ4v) is 3.52. The number of piperidine rings is 1. The number of carbonyl (C=O) groups is 2. The van der Waals surface area contributed by atoms with Crippen molar-refractivity contribution in [3.8, 4) is 0 Å². The number of nitrogens with two attached hydrogens (primary N) is 1. The summed E-state index contributed by atoms with van der Waals surface area (Å²) in [5.41, 5.74) is 6.50. The first-order chi connectivity index (χ1) is 11.1. The normalized spacial score (nSPS) is 22.7. The lowest BCUT2D eigenvalue weighted by Crippen LogP contribution is -2.43. The summed E-state index contributed by atoms with van der Waals surface area (Å²) in [7, 11) is 0. The predicted molar refractivity (Wildman–Crippen MR) is 90.3 cm³/mol. The van der Waals surface area contributed by atoms with Gasteiger partial charge in [0, 0.05) is 36.8 Å². The minimum Gasteiger partial charge on any atom is -0.342 e. The summed E-state index contributed by atoms with van der Waals surface area (Å²) >= 11 is 5.89. The summed E-state index contributed by atoms with van der Waals surface area (Å²) in [4.78, 5) is 28.5. The number of hydrogen-bond donors (Lipinski definition) is 1. The Labute approximate surface area is 141 Å². The van der Waals surface area contributed by atoms with E-state index in [2.05, 4.69) is 0 Å². The van der Waals surface area contributed by atoms with E-state index in [4.69, 9.17) is 17.3 Å². The van der Waals surface area contributed by atoms with Crippen LogP contribution >= 0.6 is 11.6 Å². The van der Waals surface area contributed by atoms with E-state index >= 15 is 0 Å². The van der Waals surface area contributed by atoms with Crippen LogP contribution in [0.5, 0.6) is 0 Å². The maximum absolute atomic E-state index is 12.7. The monoisotopic (exact) mass is 335 g/mol. The number of benzene rings is 1. The van der Waals surface area contributed by atoms with Crippen LogP contribution in [-0.2, 0) is 9.59 Å². The van der Waals surface area contributed by atoms with Crippen molar-refractivity contribution in [3.05, 3.63) is 29.3 Å². The van der Waals surface area contributed by atoms with E-state index in [9.17, 15) is 9.59 Å². The van der Waals surface area contributed by atoms with Gasteiger partial charge in [0.2, 0.25) is 11.8 Å². The second-order valence-corrected chi connectivity index (χ2v) is 6.82. The highest BCUT2D eigenvalue weighted by atomic mass is 35.5. The molecule has 1 aromatic rings. The molecule has 23 heavy (non-hydrogen) atoms. The van der Waals surface area contributed by atoms with E-state index in [0.717, 1.165) is 31.6 Å². The summed E-state index contributed by atoms with van der Waals surface area (Å²) in [5.74, 6) is 0.384. The van der Waals surface area contributed by atoms with Gasteiger partial charge in [0.05, 0.1) is 5.92 Å². The molecule has 1 unspecified atom stereocenters. The third-order valence-corrected chi connectivity index (χ3v) is 5.12. The molecule has 6 heteroatoms. The molecule has 5 nitrogen and oxygen atoms in total. The first-order valence-corrected chi connectivity index (χ1v) is 8.51. The van der Waals surface area contributed by atoms with Crippen molar-refractivity contribution in [2.24, 2.45) is 17.6 Å². The zero-order chi connectivity index (χ0) is 16.4. The highest BCUT2D eigenvalue weighted by Crippen LogP contribution is 2.28. The SMILES string of the molecule is NCC1CCN(C(=O)C2CC(=O)N(c3ccc(Cl)cc3)C2)CC1. The minimum atomic E-state index is -0.243. The fourth-order valence-electron chi connectivity index (χ4n) is 3.39. The molecule has 0 aromatic heterocycles. The molecule has 2 heterocycles. The molecule has 2 aliphatic rings. The van der Waals surface area contributed by atoms with Crippen molar-refractivity contribution in [1.29, 1.82) is 0 Å². The van der Waals surface area contributed by atoms with Crippen molar-refractivity contribution in [1.82, 2.24) is 4.90 Å². The summed E-state index contributed by atoms with van der Waals surface area (Å²) in [6, 6.07) is 7.16. The number of carbonyl (C=O) groups excluding carboxylic acids is 2. The van der Waals surface area contributed by atoms with Crippen molar-refractivity contribution < 1.29 is 9.59 Å². The Morgan fingerprint density at radius 1 is 1.22 bits per heavy atom. The lowest BCUT2D eigenvalue weighted by Gasteiger charge is -2.33. The Kier molecular flexibility index (Phi) is 4.87. The van der Waals surface area contributed by atoms with E-state index < -0.39 is 0 Å². The Morgan fingerprint density at radius 3 is 2.48 bits per heavy atom. The fraction of sp³-hybridized carbons (Fsp3) is 0.529. The minimum absolute atomic E-state index is 0.00233. The smallest absolute Gasteiger partial charge is 0.228 e. The molecule has 124 valence electrons. The number of amides is 2. The van der Waals surface area contributed by atoms with Crippen LogP contribution in [0.15, 0.2) is 24.3 Å². The third kappa shape index (κ3) is 3.51. The van der Waals surface area contributed by atoms with Gasteiger partial charge in [0.25, 0.3) is 0 Å². The van der Waals surface area contributed by atoms with E-state index in [0.29, 0.717) is 24.0 Å². The highest BCUT2D eigenvalue weighted by Gasteiger charge is 2.37. The van der Waals surface area contributed by atoms with Gasteiger partial charge in [0.15, 0.2) is 0 Å². The molecule has 0 spiro atoms. The zero-order valence-electron chi connectivity index (χ0n) is 13.1. The molecule has 2 aliphatic heterocycles. The van der Waals surface area contributed by atoms with Crippen molar-refractivity contribution in [2.45, 2.75) is 19.3 Å². The number of rotatable bonds is 3. The molecule has 1 aromatic carbocycles. The van der Waals surface area contributed by atoms with Crippen LogP contribution in [0.25, 0.3) is 0 Å². The molecule has 2 saturated heterocycles. The van der Waals surface area contributed by atoms with Gasteiger partial charge in [-0.05, 0) is 49.6 Å². The van der Waals surface area contributed by atoms with Crippen molar-refractivity contribution >= 4 is 29.1 Å². The van der Waals surface area contributed by atoms with Crippen LogP contribution in [-0.4, -0.2) is 42.9 Å². The summed E-state index contributed by atoms with van der Waals surface area (Å²) in [6.07, 6.45) is 2.21. The summed E-state index contributed by atoms with van der Waals surface area (Å²) < 4.78 is 0. The average molecular weight is 336 g/mol. The second kappa shape index (κ2) is 6.89. The van der Waals surface area contributed by atoms with E-state index in [1.165, 1.54) is 0 Å². The molecular formula is C17H22ClN3O2. The van der Waals surface area contributed by atoms with Crippen LogP contribution in [0.4, 0.5) is 5.69 Å². The quantitative estimate of drug-likeness (QED) is 0.917. The Morgan fingerprint density at radius 2 is 1.87 bits per heavy atom. The Bertz CT molecular complexity index is 582. The topological polar surface area (TPSA) is 66.6 Å². The molecule has 0 saturated carbocycles. The standard InChI is InChI=1S/C17H22ClN3O2/c18-14-1-3-15(4-2-14)21-11-13(9-16(21)22)17(23)20-7-5-12(10-19)6-8-20/h1-4,12-13H,5-11,19H2. The average Bonchev–Trinajstić information content (AvgIpc) is 2.97. The van der Waals surface area contributed by atoms with Gasteiger partial charge in [0.1, 0.15) is 0 Å². The summed E-state index contributed by atoms with van der Waals surface area (Å²) in [5, 5.41) is 0.635. The van der Waals surface area contributed by atoms with Gasteiger partial charge >= 0.3 is 0 Å². The van der Waals surface area contributed by atoms with Gasteiger partial charge in [-0.2, -0.15) is 0 Å². The van der Waals surface area contributed by atoms with Gasteiger partial charge < -0.3 is 15.5 Å².